The molecule has 2 rings (SSSR count). The maximum Gasteiger partial charge on any atom is 0.322 e. The van der Waals surface area contributed by atoms with Gasteiger partial charge in [0.2, 0.25) is 0 Å². The van der Waals surface area contributed by atoms with Gasteiger partial charge in [0.1, 0.15) is 19.3 Å². The van der Waals surface area contributed by atoms with Crippen molar-refractivity contribution in [1.29, 1.82) is 0 Å². The van der Waals surface area contributed by atoms with Crippen molar-refractivity contribution in [1.82, 2.24) is 10.6 Å². The SMILES string of the molecule is COC(=O)[C@H](CCCCNCC(=O)OCc1ccccc1)NCC(=O)OCc1ccccc1. The normalized spacial score (nSPS) is 11.4. The molecular formula is C25H32N2O6. The highest BCUT2D eigenvalue weighted by Gasteiger charge is 2.19. The summed E-state index contributed by atoms with van der Waals surface area (Å²) in [5.41, 5.74) is 1.84. The topological polar surface area (TPSA) is 103 Å². The third-order valence-corrected chi connectivity index (χ3v) is 4.83. The largest absolute Gasteiger partial charge is 0.468 e. The van der Waals surface area contributed by atoms with E-state index < -0.39 is 18.0 Å². The second-order valence-electron chi connectivity index (χ2n) is 7.42. The molecule has 0 aromatic heterocycles. The van der Waals surface area contributed by atoms with Crippen LogP contribution in [0.2, 0.25) is 0 Å². The average molecular weight is 457 g/mol. The van der Waals surface area contributed by atoms with Gasteiger partial charge in [0, 0.05) is 0 Å². The molecule has 0 saturated heterocycles. The fourth-order valence-electron chi connectivity index (χ4n) is 3.02. The predicted octanol–water partition coefficient (Wildman–Crippen LogP) is 2.36. The Morgan fingerprint density at radius 1 is 0.788 bits per heavy atom. The summed E-state index contributed by atoms with van der Waals surface area (Å²) in [5, 5.41) is 5.94. The molecular weight excluding hydrogens is 424 g/mol. The summed E-state index contributed by atoms with van der Waals surface area (Å²) in [7, 11) is 1.31. The van der Waals surface area contributed by atoms with Crippen molar-refractivity contribution < 1.29 is 28.6 Å². The van der Waals surface area contributed by atoms with Crippen LogP contribution in [-0.4, -0.2) is 50.7 Å². The fraction of sp³-hybridized carbons (Fsp3) is 0.400. The Morgan fingerprint density at radius 3 is 1.88 bits per heavy atom. The van der Waals surface area contributed by atoms with Crippen LogP contribution in [0.4, 0.5) is 0 Å². The van der Waals surface area contributed by atoms with Gasteiger partial charge in [0.15, 0.2) is 0 Å². The van der Waals surface area contributed by atoms with Crippen LogP contribution in [0.5, 0.6) is 0 Å². The van der Waals surface area contributed by atoms with Crippen molar-refractivity contribution in [3.05, 3.63) is 71.8 Å². The van der Waals surface area contributed by atoms with Crippen molar-refractivity contribution in [3.63, 3.8) is 0 Å². The third-order valence-electron chi connectivity index (χ3n) is 4.83. The zero-order valence-electron chi connectivity index (χ0n) is 19.0. The van der Waals surface area contributed by atoms with E-state index in [-0.39, 0.29) is 32.3 Å². The van der Waals surface area contributed by atoms with Crippen molar-refractivity contribution in [2.24, 2.45) is 0 Å². The summed E-state index contributed by atoms with van der Waals surface area (Å²) >= 11 is 0. The van der Waals surface area contributed by atoms with Crippen LogP contribution in [0.25, 0.3) is 0 Å². The molecule has 8 heteroatoms. The van der Waals surface area contributed by atoms with Crippen molar-refractivity contribution in [3.8, 4) is 0 Å². The number of nitrogens with one attached hydrogen (secondary N) is 2. The minimum absolute atomic E-state index is 0.0852. The van der Waals surface area contributed by atoms with Crippen molar-refractivity contribution >= 4 is 17.9 Å². The van der Waals surface area contributed by atoms with E-state index in [1.165, 1.54) is 7.11 Å². The van der Waals surface area contributed by atoms with Crippen LogP contribution in [0.15, 0.2) is 60.7 Å². The first-order chi connectivity index (χ1) is 16.1. The van der Waals surface area contributed by atoms with Crippen molar-refractivity contribution in [2.45, 2.75) is 38.5 Å². The van der Waals surface area contributed by atoms with E-state index in [4.69, 9.17) is 14.2 Å². The lowest BCUT2D eigenvalue weighted by atomic mass is 10.1. The quantitative estimate of drug-likeness (QED) is 0.239. The molecule has 0 unspecified atom stereocenters. The van der Waals surface area contributed by atoms with Gasteiger partial charge in [-0.25, -0.2) is 0 Å². The number of carbonyl (C=O) groups is 3. The summed E-state index contributed by atoms with van der Waals surface area (Å²) in [6, 6.07) is 18.3. The Morgan fingerprint density at radius 2 is 1.33 bits per heavy atom. The molecule has 0 aliphatic carbocycles. The molecule has 2 N–H and O–H groups in total. The highest BCUT2D eigenvalue weighted by molar-refractivity contribution is 5.77. The molecule has 8 nitrogen and oxygen atoms in total. The van der Waals surface area contributed by atoms with E-state index >= 15 is 0 Å². The van der Waals surface area contributed by atoms with E-state index in [0.29, 0.717) is 19.4 Å². The number of hydrogen-bond donors (Lipinski definition) is 2. The standard InChI is InChI=1S/C25H32N2O6/c1-31-25(30)22(27-17-24(29)33-19-21-12-6-3-7-13-21)14-8-9-15-26-16-23(28)32-18-20-10-4-2-5-11-20/h2-7,10-13,22,26-27H,8-9,14-19H2,1H3/t22-/m0/s1. The summed E-state index contributed by atoms with van der Waals surface area (Å²) in [6.45, 7) is 1.08. The molecule has 0 spiro atoms. The van der Waals surface area contributed by atoms with Crippen molar-refractivity contribution in [2.75, 3.05) is 26.7 Å². The van der Waals surface area contributed by atoms with Crippen LogP contribution in [0, 0.1) is 0 Å². The Kier molecular flexibility index (Phi) is 12.3. The molecule has 2 aromatic rings. The molecule has 0 aliphatic heterocycles. The van der Waals surface area contributed by atoms with E-state index in [1.807, 2.05) is 60.7 Å². The van der Waals surface area contributed by atoms with Gasteiger partial charge in [-0.2, -0.15) is 0 Å². The summed E-state index contributed by atoms with van der Waals surface area (Å²) in [4.78, 5) is 35.7. The van der Waals surface area contributed by atoms with Gasteiger partial charge in [-0.3, -0.25) is 19.7 Å². The van der Waals surface area contributed by atoms with E-state index in [2.05, 4.69) is 10.6 Å². The minimum atomic E-state index is -0.602. The van der Waals surface area contributed by atoms with Gasteiger partial charge in [0.05, 0.1) is 20.2 Å². The van der Waals surface area contributed by atoms with E-state index in [1.54, 1.807) is 0 Å². The number of ether oxygens (including phenoxy) is 3. The smallest absolute Gasteiger partial charge is 0.322 e. The van der Waals surface area contributed by atoms with Crippen LogP contribution in [0.1, 0.15) is 30.4 Å². The average Bonchev–Trinajstić information content (AvgIpc) is 2.86. The number of unbranched alkanes of at least 4 members (excludes halogenated alkanes) is 1. The first-order valence-corrected chi connectivity index (χ1v) is 11.0. The van der Waals surface area contributed by atoms with Gasteiger partial charge >= 0.3 is 17.9 Å². The zero-order valence-corrected chi connectivity index (χ0v) is 19.0. The number of rotatable bonds is 15. The molecule has 0 saturated carbocycles. The highest BCUT2D eigenvalue weighted by Crippen LogP contribution is 2.04. The highest BCUT2D eigenvalue weighted by atomic mass is 16.5. The van der Waals surface area contributed by atoms with Crippen LogP contribution in [-0.2, 0) is 41.8 Å². The number of benzene rings is 2. The zero-order chi connectivity index (χ0) is 23.7. The lowest BCUT2D eigenvalue weighted by molar-refractivity contribution is -0.146. The predicted molar refractivity (Wildman–Crippen MR) is 123 cm³/mol. The molecule has 0 heterocycles. The summed E-state index contributed by atoms with van der Waals surface area (Å²) in [6.07, 6.45) is 1.95. The van der Waals surface area contributed by atoms with Gasteiger partial charge in [-0.15, -0.1) is 0 Å². The molecule has 0 amide bonds. The maximum atomic E-state index is 12.0. The minimum Gasteiger partial charge on any atom is -0.468 e. The monoisotopic (exact) mass is 456 g/mol. The molecule has 0 radical (unpaired) electrons. The molecule has 1 atom stereocenters. The Balaban J connectivity index is 1.57. The fourth-order valence-corrected chi connectivity index (χ4v) is 3.02. The maximum absolute atomic E-state index is 12.0. The van der Waals surface area contributed by atoms with Crippen LogP contribution >= 0.6 is 0 Å². The number of hydrogen-bond acceptors (Lipinski definition) is 8. The van der Waals surface area contributed by atoms with Crippen LogP contribution < -0.4 is 10.6 Å². The molecule has 178 valence electrons. The van der Waals surface area contributed by atoms with Gasteiger partial charge < -0.3 is 19.5 Å². The number of methoxy groups -OCH3 is 1. The third kappa shape index (κ3) is 11.3. The number of esters is 3. The molecule has 0 aliphatic rings. The summed E-state index contributed by atoms with van der Waals surface area (Å²) < 4.78 is 15.2. The molecule has 33 heavy (non-hydrogen) atoms. The van der Waals surface area contributed by atoms with Crippen LogP contribution in [0.3, 0.4) is 0 Å². The lowest BCUT2D eigenvalue weighted by Gasteiger charge is -2.16. The Hall–Kier alpha value is -3.23. The second kappa shape index (κ2) is 15.6. The Labute approximate surface area is 194 Å². The molecule has 0 fully saturated rings. The molecule has 2 aromatic carbocycles. The first kappa shape index (κ1) is 26.0. The second-order valence-corrected chi connectivity index (χ2v) is 7.42. The lowest BCUT2D eigenvalue weighted by Crippen LogP contribution is -2.41. The van der Waals surface area contributed by atoms with E-state index in [9.17, 15) is 14.4 Å². The van der Waals surface area contributed by atoms with Gasteiger partial charge in [-0.1, -0.05) is 67.1 Å². The molecule has 0 bridgehead atoms. The first-order valence-electron chi connectivity index (χ1n) is 11.0. The Bertz CT molecular complexity index is 844. The van der Waals surface area contributed by atoms with Gasteiger partial charge in [0.25, 0.3) is 0 Å². The summed E-state index contributed by atoms with van der Waals surface area (Å²) in [5.74, 6) is -1.19. The van der Waals surface area contributed by atoms with Gasteiger partial charge in [-0.05, 0) is 30.5 Å². The number of carbonyl (C=O) groups excluding carboxylic acids is 3. The van der Waals surface area contributed by atoms with E-state index in [0.717, 1.165) is 17.5 Å².